The van der Waals surface area contributed by atoms with Crippen molar-refractivity contribution >= 4 is 11.9 Å². The molecule has 1 amide bonds. The Morgan fingerprint density at radius 1 is 1.07 bits per heavy atom. The van der Waals surface area contributed by atoms with E-state index in [9.17, 15) is 4.79 Å². The Kier molecular flexibility index (Phi) is 5.61. The molecule has 0 radical (unpaired) electrons. The molecule has 0 bridgehead atoms. The number of anilines is 1. The van der Waals surface area contributed by atoms with Crippen molar-refractivity contribution in [1.82, 2.24) is 14.8 Å². The maximum absolute atomic E-state index is 12.4. The van der Waals surface area contributed by atoms with E-state index in [2.05, 4.69) is 22.3 Å². The molecule has 7 nitrogen and oxygen atoms in total. The van der Waals surface area contributed by atoms with E-state index in [0.717, 1.165) is 16.9 Å². The minimum Gasteiger partial charge on any atom is -0.486 e. The first-order chi connectivity index (χ1) is 14.6. The van der Waals surface area contributed by atoms with Crippen molar-refractivity contribution in [2.75, 3.05) is 5.32 Å². The van der Waals surface area contributed by atoms with Gasteiger partial charge in [-0.15, -0.1) is 5.10 Å². The maximum atomic E-state index is 12.4. The monoisotopic (exact) mass is 402 g/mol. The number of furan rings is 1. The Morgan fingerprint density at radius 2 is 1.90 bits per heavy atom. The second kappa shape index (κ2) is 8.65. The highest BCUT2D eigenvalue weighted by atomic mass is 16.5. The summed E-state index contributed by atoms with van der Waals surface area (Å²) in [4.78, 5) is 16.5. The molecule has 0 aliphatic heterocycles. The highest BCUT2D eigenvalue weighted by Crippen LogP contribution is 2.19. The zero-order valence-electron chi connectivity index (χ0n) is 16.8. The van der Waals surface area contributed by atoms with Gasteiger partial charge in [0.15, 0.2) is 5.76 Å². The SMILES string of the molecule is Cc1ccc(OCc2ccc(C(=O)Nc3ncn(Cc4ccccc4)n3)o2)cc1C. The van der Waals surface area contributed by atoms with Gasteiger partial charge in [-0.05, 0) is 54.8 Å². The maximum Gasteiger partial charge on any atom is 0.293 e. The average molecular weight is 402 g/mol. The van der Waals surface area contributed by atoms with Crippen molar-refractivity contribution in [2.24, 2.45) is 0 Å². The standard InChI is InChI=1S/C23H22N4O3/c1-16-8-9-19(12-17(16)2)29-14-20-10-11-21(30-20)22(28)25-23-24-15-27(26-23)13-18-6-4-3-5-7-18/h3-12,15H,13-14H2,1-2H3,(H,25,26,28). The molecule has 2 heterocycles. The van der Waals surface area contributed by atoms with Crippen LogP contribution in [-0.4, -0.2) is 20.7 Å². The van der Waals surface area contributed by atoms with Crippen LogP contribution in [0.2, 0.25) is 0 Å². The molecule has 0 unspecified atom stereocenters. The van der Waals surface area contributed by atoms with Gasteiger partial charge in [0.2, 0.25) is 5.95 Å². The Labute approximate surface area is 174 Å². The number of hydrogen-bond donors (Lipinski definition) is 1. The minimum atomic E-state index is -0.412. The van der Waals surface area contributed by atoms with Gasteiger partial charge in [0.05, 0.1) is 6.54 Å². The van der Waals surface area contributed by atoms with E-state index in [4.69, 9.17) is 9.15 Å². The average Bonchev–Trinajstić information content (AvgIpc) is 3.39. The number of nitrogens with one attached hydrogen (secondary N) is 1. The molecule has 0 atom stereocenters. The molecular formula is C23H22N4O3. The van der Waals surface area contributed by atoms with Gasteiger partial charge in [0.25, 0.3) is 5.91 Å². The molecule has 0 fully saturated rings. The summed E-state index contributed by atoms with van der Waals surface area (Å²) in [5.74, 6) is 1.30. The van der Waals surface area contributed by atoms with E-state index in [1.54, 1.807) is 23.1 Å². The van der Waals surface area contributed by atoms with Gasteiger partial charge < -0.3 is 9.15 Å². The highest BCUT2D eigenvalue weighted by Gasteiger charge is 2.14. The molecule has 0 spiro atoms. The summed E-state index contributed by atoms with van der Waals surface area (Å²) in [7, 11) is 0. The first-order valence-corrected chi connectivity index (χ1v) is 9.60. The van der Waals surface area contributed by atoms with E-state index in [1.165, 1.54) is 5.56 Å². The molecule has 2 aromatic carbocycles. The summed E-state index contributed by atoms with van der Waals surface area (Å²) in [6.45, 7) is 4.90. The summed E-state index contributed by atoms with van der Waals surface area (Å²) < 4.78 is 13.0. The molecule has 4 aromatic rings. The number of rotatable bonds is 7. The lowest BCUT2D eigenvalue weighted by atomic mass is 10.1. The van der Waals surface area contributed by atoms with Crippen LogP contribution >= 0.6 is 0 Å². The second-order valence-corrected chi connectivity index (χ2v) is 7.01. The van der Waals surface area contributed by atoms with Gasteiger partial charge in [-0.2, -0.15) is 0 Å². The Bertz CT molecular complexity index is 1150. The molecule has 2 aromatic heterocycles. The third-order valence-corrected chi connectivity index (χ3v) is 4.69. The van der Waals surface area contributed by atoms with Crippen LogP contribution in [0.4, 0.5) is 5.95 Å². The molecule has 4 rings (SSSR count). The predicted molar refractivity (Wildman–Crippen MR) is 112 cm³/mol. The zero-order valence-corrected chi connectivity index (χ0v) is 16.8. The van der Waals surface area contributed by atoms with E-state index >= 15 is 0 Å². The normalized spacial score (nSPS) is 10.7. The third kappa shape index (κ3) is 4.75. The van der Waals surface area contributed by atoms with Crippen LogP contribution in [0.1, 0.15) is 33.0 Å². The topological polar surface area (TPSA) is 82.2 Å². The molecule has 0 saturated heterocycles. The lowest BCUT2D eigenvalue weighted by Gasteiger charge is -2.06. The second-order valence-electron chi connectivity index (χ2n) is 7.01. The molecule has 7 heteroatoms. The summed E-state index contributed by atoms with van der Waals surface area (Å²) in [6, 6.07) is 19.1. The third-order valence-electron chi connectivity index (χ3n) is 4.69. The van der Waals surface area contributed by atoms with E-state index in [1.807, 2.05) is 55.5 Å². The number of nitrogens with zero attached hydrogens (tertiary/aromatic N) is 3. The van der Waals surface area contributed by atoms with Gasteiger partial charge in [0, 0.05) is 0 Å². The van der Waals surface area contributed by atoms with Gasteiger partial charge in [-0.25, -0.2) is 9.67 Å². The quantitative estimate of drug-likeness (QED) is 0.496. The molecule has 30 heavy (non-hydrogen) atoms. The molecule has 0 aliphatic rings. The number of carbonyl (C=O) groups excluding carboxylic acids is 1. The predicted octanol–water partition coefficient (Wildman–Crippen LogP) is 4.37. The molecule has 0 aliphatic carbocycles. The minimum absolute atomic E-state index is 0.174. The summed E-state index contributed by atoms with van der Waals surface area (Å²) in [5.41, 5.74) is 3.46. The molecule has 0 saturated carbocycles. The van der Waals surface area contributed by atoms with E-state index in [0.29, 0.717) is 12.3 Å². The zero-order chi connectivity index (χ0) is 20.9. The van der Waals surface area contributed by atoms with Crippen LogP contribution in [0.15, 0.2) is 71.4 Å². The van der Waals surface area contributed by atoms with Crippen molar-refractivity contribution in [3.8, 4) is 5.75 Å². The van der Waals surface area contributed by atoms with E-state index in [-0.39, 0.29) is 18.3 Å². The summed E-state index contributed by atoms with van der Waals surface area (Å²) in [6.07, 6.45) is 1.58. The van der Waals surface area contributed by atoms with Crippen molar-refractivity contribution in [2.45, 2.75) is 27.0 Å². The number of hydrogen-bond acceptors (Lipinski definition) is 5. The molecular weight excluding hydrogens is 380 g/mol. The van der Waals surface area contributed by atoms with Crippen LogP contribution < -0.4 is 10.1 Å². The van der Waals surface area contributed by atoms with Gasteiger partial charge in [-0.3, -0.25) is 10.1 Å². The Balaban J connectivity index is 1.33. The number of aromatic nitrogens is 3. The van der Waals surface area contributed by atoms with Crippen molar-refractivity contribution in [3.05, 3.63) is 95.2 Å². The fraction of sp³-hybridized carbons (Fsp3) is 0.174. The van der Waals surface area contributed by atoms with Crippen LogP contribution in [0.25, 0.3) is 0 Å². The van der Waals surface area contributed by atoms with Crippen molar-refractivity contribution < 1.29 is 13.9 Å². The lowest BCUT2D eigenvalue weighted by molar-refractivity contribution is 0.0991. The number of amides is 1. The summed E-state index contributed by atoms with van der Waals surface area (Å²) in [5, 5.41) is 6.93. The van der Waals surface area contributed by atoms with Crippen molar-refractivity contribution in [3.63, 3.8) is 0 Å². The van der Waals surface area contributed by atoms with Gasteiger partial charge >= 0.3 is 0 Å². The van der Waals surface area contributed by atoms with Gasteiger partial charge in [-0.1, -0.05) is 36.4 Å². The van der Waals surface area contributed by atoms with Crippen LogP contribution in [0.3, 0.4) is 0 Å². The molecule has 1 N–H and O–H groups in total. The Hall–Kier alpha value is -3.87. The fourth-order valence-electron chi connectivity index (χ4n) is 2.90. The lowest BCUT2D eigenvalue weighted by Crippen LogP contribution is -2.12. The van der Waals surface area contributed by atoms with Crippen LogP contribution in [0, 0.1) is 13.8 Å². The van der Waals surface area contributed by atoms with Crippen LogP contribution in [-0.2, 0) is 13.2 Å². The highest BCUT2D eigenvalue weighted by molar-refractivity contribution is 6.01. The number of ether oxygens (including phenoxy) is 1. The number of benzene rings is 2. The Morgan fingerprint density at radius 3 is 2.70 bits per heavy atom. The van der Waals surface area contributed by atoms with Crippen LogP contribution in [0.5, 0.6) is 5.75 Å². The van der Waals surface area contributed by atoms with E-state index < -0.39 is 5.91 Å². The largest absolute Gasteiger partial charge is 0.486 e. The smallest absolute Gasteiger partial charge is 0.293 e. The molecule has 152 valence electrons. The number of aryl methyl sites for hydroxylation is 2. The first kappa shape index (κ1) is 19.4. The first-order valence-electron chi connectivity index (χ1n) is 9.60. The fourth-order valence-corrected chi connectivity index (χ4v) is 2.90. The van der Waals surface area contributed by atoms with Crippen molar-refractivity contribution in [1.29, 1.82) is 0 Å². The number of carbonyl (C=O) groups is 1. The summed E-state index contributed by atoms with van der Waals surface area (Å²) >= 11 is 0. The van der Waals surface area contributed by atoms with Gasteiger partial charge in [0.1, 0.15) is 24.4 Å².